The van der Waals surface area contributed by atoms with Crippen LogP contribution < -0.4 is 9.64 Å². The van der Waals surface area contributed by atoms with E-state index in [0.717, 1.165) is 24.7 Å². The Kier molecular flexibility index (Phi) is 5.55. The predicted molar refractivity (Wildman–Crippen MR) is 109 cm³/mol. The van der Waals surface area contributed by atoms with E-state index in [4.69, 9.17) is 10.00 Å². The van der Waals surface area contributed by atoms with Gasteiger partial charge in [0.15, 0.2) is 0 Å². The van der Waals surface area contributed by atoms with E-state index in [9.17, 15) is 13.6 Å². The van der Waals surface area contributed by atoms with Gasteiger partial charge in [0.1, 0.15) is 11.9 Å². The second kappa shape index (κ2) is 8.30. The van der Waals surface area contributed by atoms with E-state index in [-0.39, 0.29) is 18.0 Å². The number of anilines is 1. The highest BCUT2D eigenvalue weighted by atomic mass is 19.3. The first-order valence-corrected chi connectivity index (χ1v) is 9.93. The molecular formula is C22H21F2N5O2. The molecule has 0 aliphatic carbocycles. The molecule has 0 aromatic carbocycles. The van der Waals surface area contributed by atoms with Crippen LogP contribution in [0, 0.1) is 11.3 Å². The maximum absolute atomic E-state index is 14.6. The SMILES string of the molecule is COc1ncccc1C(F)(F)/C=C/C(=O)N1CC2CC[C@@H](C1)N2c1ccc(C#N)cn1. The monoisotopic (exact) mass is 425 g/mol. The lowest BCUT2D eigenvalue weighted by molar-refractivity contribution is -0.127. The number of likely N-dealkylation sites (tertiary alicyclic amines) is 1. The molecule has 0 saturated carbocycles. The average molecular weight is 425 g/mol. The summed E-state index contributed by atoms with van der Waals surface area (Å²) in [5.41, 5.74) is 0.0968. The minimum absolute atomic E-state index is 0.0652. The third-order valence-corrected chi connectivity index (χ3v) is 5.69. The molecule has 2 aromatic heterocycles. The van der Waals surface area contributed by atoms with E-state index in [2.05, 4.69) is 14.9 Å². The number of fused-ring (bicyclic) bond motifs is 2. The quantitative estimate of drug-likeness (QED) is 0.685. The van der Waals surface area contributed by atoms with Gasteiger partial charge in [-0.05, 0) is 43.2 Å². The minimum atomic E-state index is -3.39. The second-order valence-corrected chi connectivity index (χ2v) is 7.57. The Balaban J connectivity index is 1.46. The molecule has 0 N–H and O–H groups in total. The number of ether oxygens (including phenoxy) is 1. The molecule has 2 aliphatic rings. The van der Waals surface area contributed by atoms with Crippen LogP contribution in [-0.2, 0) is 10.7 Å². The normalized spacial score (nSPS) is 20.7. The third kappa shape index (κ3) is 4.06. The van der Waals surface area contributed by atoms with Crippen molar-refractivity contribution in [1.29, 1.82) is 5.26 Å². The molecule has 4 heterocycles. The Morgan fingerprint density at radius 1 is 1.26 bits per heavy atom. The molecule has 31 heavy (non-hydrogen) atoms. The Morgan fingerprint density at radius 3 is 2.61 bits per heavy atom. The van der Waals surface area contributed by atoms with Crippen molar-refractivity contribution in [3.63, 3.8) is 0 Å². The number of nitrogens with zero attached hydrogens (tertiary/aromatic N) is 5. The lowest BCUT2D eigenvalue weighted by Gasteiger charge is -2.41. The second-order valence-electron chi connectivity index (χ2n) is 7.57. The van der Waals surface area contributed by atoms with Crippen molar-refractivity contribution >= 4 is 11.7 Å². The number of allylic oxidation sites excluding steroid dienone is 1. The molecule has 2 saturated heterocycles. The summed E-state index contributed by atoms with van der Waals surface area (Å²) in [5, 5.41) is 8.94. The Hall–Kier alpha value is -3.54. The van der Waals surface area contributed by atoms with Crippen molar-refractivity contribution in [2.75, 3.05) is 25.1 Å². The van der Waals surface area contributed by atoms with Crippen LogP contribution in [0.3, 0.4) is 0 Å². The largest absolute Gasteiger partial charge is 0.481 e. The summed E-state index contributed by atoms with van der Waals surface area (Å²) in [4.78, 5) is 24.6. The summed E-state index contributed by atoms with van der Waals surface area (Å²) < 4.78 is 34.2. The molecular weight excluding hydrogens is 404 g/mol. The highest BCUT2D eigenvalue weighted by Gasteiger charge is 2.42. The van der Waals surface area contributed by atoms with Crippen molar-refractivity contribution in [1.82, 2.24) is 14.9 Å². The predicted octanol–water partition coefficient (Wildman–Crippen LogP) is 2.88. The molecule has 160 valence electrons. The van der Waals surface area contributed by atoms with E-state index in [1.807, 2.05) is 12.1 Å². The molecule has 4 rings (SSSR count). The molecule has 2 atom stereocenters. The number of carbonyl (C=O) groups is 1. The number of aromatic nitrogens is 2. The van der Waals surface area contributed by atoms with Gasteiger partial charge in [0.2, 0.25) is 11.8 Å². The smallest absolute Gasteiger partial charge is 0.297 e. The van der Waals surface area contributed by atoms with Gasteiger partial charge >= 0.3 is 0 Å². The lowest BCUT2D eigenvalue weighted by atomic mass is 10.1. The zero-order valence-corrected chi connectivity index (χ0v) is 16.9. The van der Waals surface area contributed by atoms with Crippen molar-refractivity contribution in [3.8, 4) is 11.9 Å². The van der Waals surface area contributed by atoms with Gasteiger partial charge in [-0.15, -0.1) is 0 Å². The fraction of sp³-hybridized carbons (Fsp3) is 0.364. The van der Waals surface area contributed by atoms with Crippen molar-refractivity contribution < 1.29 is 18.3 Å². The van der Waals surface area contributed by atoms with Gasteiger partial charge in [0, 0.05) is 43.6 Å². The zero-order valence-electron chi connectivity index (χ0n) is 16.9. The van der Waals surface area contributed by atoms with E-state index < -0.39 is 17.4 Å². The number of amides is 1. The maximum atomic E-state index is 14.6. The lowest BCUT2D eigenvalue weighted by Crippen LogP contribution is -2.55. The molecule has 2 aromatic rings. The van der Waals surface area contributed by atoms with Gasteiger partial charge < -0.3 is 14.5 Å². The van der Waals surface area contributed by atoms with E-state index in [1.54, 1.807) is 11.0 Å². The minimum Gasteiger partial charge on any atom is -0.481 e. The number of halogens is 2. The van der Waals surface area contributed by atoms with Crippen LogP contribution >= 0.6 is 0 Å². The fourth-order valence-electron chi connectivity index (χ4n) is 4.24. The van der Waals surface area contributed by atoms with E-state index in [1.165, 1.54) is 31.6 Å². The van der Waals surface area contributed by atoms with Gasteiger partial charge in [-0.1, -0.05) is 0 Å². The van der Waals surface area contributed by atoms with Crippen LogP contribution in [0.25, 0.3) is 0 Å². The Labute approximate surface area is 178 Å². The summed E-state index contributed by atoms with van der Waals surface area (Å²) in [7, 11) is 1.27. The van der Waals surface area contributed by atoms with Crippen molar-refractivity contribution in [3.05, 3.63) is 59.9 Å². The number of pyridine rings is 2. The summed E-state index contributed by atoms with van der Waals surface area (Å²) in [6, 6.07) is 8.33. The van der Waals surface area contributed by atoms with Gasteiger partial charge in [-0.25, -0.2) is 9.97 Å². The van der Waals surface area contributed by atoms with Crippen LogP contribution in [0.1, 0.15) is 24.0 Å². The average Bonchev–Trinajstić information content (AvgIpc) is 3.06. The van der Waals surface area contributed by atoms with Gasteiger partial charge in [-0.3, -0.25) is 4.79 Å². The number of carbonyl (C=O) groups excluding carboxylic acids is 1. The standard InChI is InChI=1S/C22H21F2N5O2/c1-31-21-18(3-2-10-26-21)22(23,24)9-8-20(30)28-13-16-5-6-17(14-28)29(16)19-7-4-15(11-25)12-27-19/h2-4,7-10,12,16-17H,5-6,13-14H2,1H3/b9-8+/t16-,17?/m0/s1. The molecule has 2 bridgehead atoms. The molecule has 0 radical (unpaired) electrons. The number of piperazine rings is 1. The molecule has 2 aliphatic heterocycles. The third-order valence-electron chi connectivity index (χ3n) is 5.69. The molecule has 1 unspecified atom stereocenters. The Bertz CT molecular complexity index is 1020. The first-order chi connectivity index (χ1) is 14.9. The van der Waals surface area contributed by atoms with Crippen LogP contribution in [0.2, 0.25) is 0 Å². The highest BCUT2D eigenvalue weighted by Crippen LogP contribution is 2.36. The van der Waals surface area contributed by atoms with Crippen LogP contribution in [0.4, 0.5) is 14.6 Å². The fourth-order valence-corrected chi connectivity index (χ4v) is 4.24. The van der Waals surface area contributed by atoms with E-state index >= 15 is 0 Å². The molecule has 0 spiro atoms. The van der Waals surface area contributed by atoms with Gasteiger partial charge in [0.25, 0.3) is 5.92 Å². The summed E-state index contributed by atoms with van der Waals surface area (Å²) in [6.45, 7) is 0.867. The number of hydrogen-bond donors (Lipinski definition) is 0. The van der Waals surface area contributed by atoms with Gasteiger partial charge in [0.05, 0.1) is 18.2 Å². The van der Waals surface area contributed by atoms with Crippen LogP contribution in [-0.4, -0.2) is 53.1 Å². The number of hydrogen-bond acceptors (Lipinski definition) is 6. The number of methoxy groups -OCH3 is 1. The summed E-state index contributed by atoms with van der Waals surface area (Å²) in [5.74, 6) is -3.25. The maximum Gasteiger partial charge on any atom is 0.297 e. The molecule has 1 amide bonds. The summed E-state index contributed by atoms with van der Waals surface area (Å²) in [6.07, 6.45) is 6.22. The summed E-state index contributed by atoms with van der Waals surface area (Å²) >= 11 is 0. The first-order valence-electron chi connectivity index (χ1n) is 9.93. The Morgan fingerprint density at radius 2 is 2.00 bits per heavy atom. The first kappa shape index (κ1) is 20.7. The number of rotatable bonds is 5. The van der Waals surface area contributed by atoms with Crippen LogP contribution in [0.5, 0.6) is 5.88 Å². The zero-order chi connectivity index (χ0) is 22.0. The number of alkyl halides is 2. The molecule has 7 nitrogen and oxygen atoms in total. The van der Waals surface area contributed by atoms with Gasteiger partial charge in [-0.2, -0.15) is 14.0 Å². The molecule has 9 heteroatoms. The topological polar surface area (TPSA) is 82.4 Å². The van der Waals surface area contributed by atoms with Crippen molar-refractivity contribution in [2.24, 2.45) is 0 Å². The van der Waals surface area contributed by atoms with E-state index in [0.29, 0.717) is 24.7 Å². The van der Waals surface area contributed by atoms with Crippen LogP contribution in [0.15, 0.2) is 48.8 Å². The highest BCUT2D eigenvalue weighted by molar-refractivity contribution is 5.88. The molecule has 2 fully saturated rings. The number of nitriles is 1. The van der Waals surface area contributed by atoms with Crippen molar-refractivity contribution in [2.45, 2.75) is 30.8 Å².